The number of rotatable bonds is 16. The fourth-order valence-electron chi connectivity index (χ4n) is 2.08. The van der Waals surface area contributed by atoms with Crippen LogP contribution in [0.15, 0.2) is 12.2 Å². The third-order valence-corrected chi connectivity index (χ3v) is 5.16. The van der Waals surface area contributed by atoms with Gasteiger partial charge in [0.2, 0.25) is 0 Å². The molecule has 0 aromatic carbocycles. The van der Waals surface area contributed by atoms with Crippen LogP contribution >= 0.6 is 23.9 Å². The zero-order chi connectivity index (χ0) is 16.5. The van der Waals surface area contributed by atoms with Gasteiger partial charge in [-0.15, -0.1) is 0 Å². The zero-order valence-corrected chi connectivity index (χ0v) is 15.4. The van der Waals surface area contributed by atoms with E-state index >= 15 is 0 Å². The van der Waals surface area contributed by atoms with Gasteiger partial charge in [0.1, 0.15) is 0 Å². The van der Waals surface area contributed by atoms with Crippen LogP contribution < -0.4 is 0 Å². The molecular formula is C17H31FO2S2. The Balaban J connectivity index is 3.47. The van der Waals surface area contributed by atoms with Crippen LogP contribution in [0.25, 0.3) is 0 Å². The molecule has 0 saturated carbocycles. The highest BCUT2D eigenvalue weighted by atomic mass is 32.2. The molecule has 1 N–H and O–H groups in total. The summed E-state index contributed by atoms with van der Waals surface area (Å²) >= 11 is 2.03. The molecule has 1 unspecified atom stereocenters. The van der Waals surface area contributed by atoms with Crippen molar-refractivity contribution in [2.45, 2.75) is 76.4 Å². The van der Waals surface area contributed by atoms with Crippen LogP contribution in [-0.4, -0.2) is 27.8 Å². The van der Waals surface area contributed by atoms with E-state index in [4.69, 9.17) is 5.11 Å². The molecule has 5 heteroatoms. The van der Waals surface area contributed by atoms with E-state index in [1.165, 1.54) is 38.5 Å². The van der Waals surface area contributed by atoms with Gasteiger partial charge >= 0.3 is 5.97 Å². The Kier molecular flexibility index (Phi) is 17.1. The van der Waals surface area contributed by atoms with Gasteiger partial charge in [-0.3, -0.25) is 4.79 Å². The Hall–Kier alpha value is -0.160. The predicted molar refractivity (Wildman–Crippen MR) is 98.4 cm³/mol. The standard InChI is InChI=1S/C17H31FO2S2/c1-2-3-4-5-6-7-8-9-10-11-16(22-18)12-14-21-15-13-17(19)20/h9-10,16H,2-8,11-15H2,1H3,(H,19,20)/b10-9-. The van der Waals surface area contributed by atoms with E-state index in [9.17, 15) is 8.68 Å². The molecule has 0 aromatic rings. The first-order valence-corrected chi connectivity index (χ1v) is 10.4. The number of carboxylic acid groups (broad SMARTS) is 1. The van der Waals surface area contributed by atoms with Gasteiger partial charge in [-0.25, -0.2) is 0 Å². The summed E-state index contributed by atoms with van der Waals surface area (Å²) in [7, 11) is 0. The molecule has 22 heavy (non-hydrogen) atoms. The second kappa shape index (κ2) is 17.2. The third kappa shape index (κ3) is 16.2. The lowest BCUT2D eigenvalue weighted by atomic mass is 10.1. The normalized spacial score (nSPS) is 12.8. The minimum atomic E-state index is -0.762. The molecule has 0 bridgehead atoms. The van der Waals surface area contributed by atoms with Crippen LogP contribution in [0.3, 0.4) is 0 Å². The first-order chi connectivity index (χ1) is 10.7. The summed E-state index contributed by atoms with van der Waals surface area (Å²) in [5.41, 5.74) is 0. The molecular weight excluding hydrogens is 319 g/mol. The Labute approximate surface area is 144 Å². The number of thioether (sulfide) groups is 1. The lowest BCUT2D eigenvalue weighted by Crippen LogP contribution is -2.02. The molecule has 0 rings (SSSR count). The lowest BCUT2D eigenvalue weighted by molar-refractivity contribution is -0.136. The average Bonchev–Trinajstić information content (AvgIpc) is 2.50. The predicted octanol–water partition coefficient (Wildman–Crippen LogP) is 6.27. The summed E-state index contributed by atoms with van der Waals surface area (Å²) in [5, 5.41) is 8.54. The van der Waals surface area contributed by atoms with Crippen molar-refractivity contribution in [2.75, 3.05) is 11.5 Å². The Morgan fingerprint density at radius 2 is 1.86 bits per heavy atom. The molecule has 2 nitrogen and oxygen atoms in total. The van der Waals surface area contributed by atoms with Crippen molar-refractivity contribution in [3.05, 3.63) is 12.2 Å². The SMILES string of the molecule is CCCCCCCC/C=C\CC(CCSCCC(=O)O)SF. The minimum Gasteiger partial charge on any atom is -0.481 e. The highest BCUT2D eigenvalue weighted by molar-refractivity contribution is 7.99. The summed E-state index contributed by atoms with van der Waals surface area (Å²) in [6.45, 7) is 2.23. The van der Waals surface area contributed by atoms with E-state index in [0.29, 0.717) is 17.9 Å². The molecule has 0 heterocycles. The van der Waals surface area contributed by atoms with Crippen molar-refractivity contribution in [1.82, 2.24) is 0 Å². The van der Waals surface area contributed by atoms with Crippen LogP contribution in [0.2, 0.25) is 0 Å². The molecule has 0 radical (unpaired) electrons. The maximum Gasteiger partial charge on any atom is 0.304 e. The maximum absolute atomic E-state index is 12.8. The first kappa shape index (κ1) is 21.8. The van der Waals surface area contributed by atoms with Crippen LogP contribution in [0.5, 0.6) is 0 Å². The Morgan fingerprint density at radius 1 is 1.14 bits per heavy atom. The van der Waals surface area contributed by atoms with Gasteiger partial charge in [-0.1, -0.05) is 51.2 Å². The molecule has 0 spiro atoms. The maximum atomic E-state index is 12.8. The fourth-order valence-corrected chi connectivity index (χ4v) is 3.60. The van der Waals surface area contributed by atoms with E-state index in [1.807, 2.05) is 0 Å². The van der Waals surface area contributed by atoms with Crippen molar-refractivity contribution >= 4 is 29.9 Å². The number of hydrogen-bond acceptors (Lipinski definition) is 3. The number of hydrogen-bond donors (Lipinski definition) is 1. The van der Waals surface area contributed by atoms with Crippen LogP contribution in [0.4, 0.5) is 3.89 Å². The Morgan fingerprint density at radius 3 is 2.55 bits per heavy atom. The minimum absolute atomic E-state index is 0.0122. The van der Waals surface area contributed by atoms with Crippen molar-refractivity contribution < 1.29 is 13.8 Å². The first-order valence-electron chi connectivity index (χ1n) is 8.42. The van der Waals surface area contributed by atoms with Gasteiger partial charge in [-0.05, 0) is 31.4 Å². The number of allylic oxidation sites excluding steroid dienone is 2. The molecule has 130 valence electrons. The number of carbonyl (C=O) groups is 1. The van der Waals surface area contributed by atoms with Gasteiger partial charge in [0.05, 0.1) is 6.42 Å². The molecule has 0 amide bonds. The van der Waals surface area contributed by atoms with Crippen molar-refractivity contribution in [1.29, 1.82) is 0 Å². The van der Waals surface area contributed by atoms with E-state index in [0.717, 1.165) is 25.0 Å². The summed E-state index contributed by atoms with van der Waals surface area (Å²) in [4.78, 5) is 10.4. The third-order valence-electron chi connectivity index (χ3n) is 3.46. The average molecular weight is 351 g/mol. The molecule has 0 fully saturated rings. The highest BCUT2D eigenvalue weighted by Crippen LogP contribution is 2.22. The van der Waals surface area contributed by atoms with Gasteiger partial charge in [-0.2, -0.15) is 15.6 Å². The topological polar surface area (TPSA) is 37.3 Å². The summed E-state index contributed by atoms with van der Waals surface area (Å²) in [6.07, 6.45) is 15.0. The van der Waals surface area contributed by atoms with Crippen LogP contribution in [0.1, 0.15) is 71.1 Å². The number of halogens is 1. The summed E-state index contributed by atoms with van der Waals surface area (Å²) in [6, 6.07) is 0. The largest absolute Gasteiger partial charge is 0.481 e. The lowest BCUT2D eigenvalue weighted by Gasteiger charge is -2.08. The molecule has 1 atom stereocenters. The number of unbranched alkanes of at least 4 members (excludes halogenated alkanes) is 6. The smallest absolute Gasteiger partial charge is 0.304 e. The van der Waals surface area contributed by atoms with Gasteiger partial charge in [0, 0.05) is 23.2 Å². The van der Waals surface area contributed by atoms with E-state index < -0.39 is 5.97 Å². The van der Waals surface area contributed by atoms with Gasteiger partial charge in [0.25, 0.3) is 0 Å². The second-order valence-corrected chi connectivity index (χ2v) is 7.59. The van der Waals surface area contributed by atoms with E-state index in [1.54, 1.807) is 11.8 Å². The van der Waals surface area contributed by atoms with Gasteiger partial charge < -0.3 is 5.11 Å². The number of carboxylic acids is 1. The van der Waals surface area contributed by atoms with Crippen LogP contribution in [-0.2, 0) is 4.79 Å². The number of aliphatic carboxylic acids is 1. The fraction of sp³-hybridized carbons (Fsp3) is 0.824. The summed E-state index contributed by atoms with van der Waals surface area (Å²) in [5.74, 6) is 0.689. The molecule has 0 aliphatic carbocycles. The van der Waals surface area contributed by atoms with Crippen molar-refractivity contribution in [2.24, 2.45) is 0 Å². The second-order valence-electron chi connectivity index (χ2n) is 5.52. The van der Waals surface area contributed by atoms with Crippen molar-refractivity contribution in [3.63, 3.8) is 0 Å². The Bertz CT molecular complexity index is 286. The monoisotopic (exact) mass is 350 g/mol. The quantitative estimate of drug-likeness (QED) is 0.263. The van der Waals surface area contributed by atoms with Gasteiger partial charge in [0.15, 0.2) is 0 Å². The highest BCUT2D eigenvalue weighted by Gasteiger charge is 2.08. The van der Waals surface area contributed by atoms with E-state index in [-0.39, 0.29) is 11.7 Å². The van der Waals surface area contributed by atoms with Crippen LogP contribution in [0, 0.1) is 0 Å². The molecule has 0 saturated heterocycles. The van der Waals surface area contributed by atoms with E-state index in [2.05, 4.69) is 19.1 Å². The van der Waals surface area contributed by atoms with Crippen molar-refractivity contribution in [3.8, 4) is 0 Å². The summed E-state index contributed by atoms with van der Waals surface area (Å²) < 4.78 is 12.8. The zero-order valence-electron chi connectivity index (χ0n) is 13.8. The molecule has 0 aliphatic heterocycles. The molecule has 0 aliphatic rings. The molecule has 0 aromatic heterocycles.